The molecule has 2 rings (SSSR count). The molecular formula is C16H19ClN4O2S. The Morgan fingerprint density at radius 2 is 2.00 bits per heavy atom. The summed E-state index contributed by atoms with van der Waals surface area (Å²) in [7, 11) is 0. The first kappa shape index (κ1) is 18.4. The molecule has 0 aliphatic carbocycles. The van der Waals surface area contributed by atoms with E-state index < -0.39 is 0 Å². The minimum absolute atomic E-state index is 0.0697. The summed E-state index contributed by atoms with van der Waals surface area (Å²) in [5.74, 6) is -0.00675. The molecule has 0 bridgehead atoms. The molecular weight excluding hydrogens is 348 g/mol. The Morgan fingerprint density at radius 3 is 2.71 bits per heavy atom. The SMILES string of the molecule is CC(C)CC(=O)Nc1nnc(CCNC(=O)c2ccccc2Cl)s1. The fraction of sp³-hybridized carbons (Fsp3) is 0.375. The molecule has 0 aliphatic rings. The Labute approximate surface area is 149 Å². The molecule has 128 valence electrons. The van der Waals surface area contributed by atoms with E-state index in [0.29, 0.717) is 35.1 Å². The normalized spacial score (nSPS) is 10.7. The summed E-state index contributed by atoms with van der Waals surface area (Å²) in [6.07, 6.45) is 0.983. The molecule has 6 nitrogen and oxygen atoms in total. The number of rotatable bonds is 7. The number of carbonyl (C=O) groups is 2. The number of carbonyl (C=O) groups excluding carboxylic acids is 2. The smallest absolute Gasteiger partial charge is 0.252 e. The zero-order valence-corrected chi connectivity index (χ0v) is 15.1. The van der Waals surface area contributed by atoms with E-state index >= 15 is 0 Å². The summed E-state index contributed by atoms with van der Waals surface area (Å²) in [4.78, 5) is 23.7. The minimum atomic E-state index is -0.226. The maximum atomic E-state index is 12.0. The zero-order valence-electron chi connectivity index (χ0n) is 13.5. The van der Waals surface area contributed by atoms with Gasteiger partial charge in [0.15, 0.2) is 0 Å². The molecule has 0 saturated heterocycles. The summed E-state index contributed by atoms with van der Waals surface area (Å²) >= 11 is 7.29. The van der Waals surface area contributed by atoms with Crippen LogP contribution in [0.4, 0.5) is 5.13 Å². The van der Waals surface area contributed by atoms with E-state index in [1.54, 1.807) is 24.3 Å². The molecule has 24 heavy (non-hydrogen) atoms. The Bertz CT molecular complexity index is 718. The van der Waals surface area contributed by atoms with Gasteiger partial charge in [0.05, 0.1) is 10.6 Å². The van der Waals surface area contributed by atoms with Crippen molar-refractivity contribution in [3.05, 3.63) is 39.9 Å². The van der Waals surface area contributed by atoms with E-state index in [0.717, 1.165) is 5.01 Å². The van der Waals surface area contributed by atoms with Gasteiger partial charge in [-0.05, 0) is 18.1 Å². The first-order chi connectivity index (χ1) is 11.5. The van der Waals surface area contributed by atoms with Gasteiger partial charge in [-0.15, -0.1) is 10.2 Å². The molecule has 0 radical (unpaired) electrons. The second kappa shape index (κ2) is 8.75. The van der Waals surface area contributed by atoms with Gasteiger partial charge in [-0.1, -0.05) is 48.9 Å². The summed E-state index contributed by atoms with van der Waals surface area (Å²) < 4.78 is 0. The quantitative estimate of drug-likeness (QED) is 0.788. The van der Waals surface area contributed by atoms with Crippen LogP contribution >= 0.6 is 22.9 Å². The second-order valence-corrected chi connectivity index (χ2v) is 7.10. The fourth-order valence-corrected chi connectivity index (χ4v) is 2.95. The molecule has 2 N–H and O–H groups in total. The van der Waals surface area contributed by atoms with Crippen LogP contribution in [0, 0.1) is 5.92 Å². The number of aromatic nitrogens is 2. The highest BCUT2D eigenvalue weighted by Crippen LogP contribution is 2.17. The van der Waals surface area contributed by atoms with E-state index in [9.17, 15) is 9.59 Å². The number of halogens is 1. The van der Waals surface area contributed by atoms with E-state index in [2.05, 4.69) is 20.8 Å². The summed E-state index contributed by atoms with van der Waals surface area (Å²) in [5, 5.41) is 15.1. The first-order valence-electron chi connectivity index (χ1n) is 7.60. The van der Waals surface area contributed by atoms with Crippen LogP contribution in [0.25, 0.3) is 0 Å². The van der Waals surface area contributed by atoms with Gasteiger partial charge in [-0.25, -0.2) is 0 Å². The lowest BCUT2D eigenvalue weighted by Gasteiger charge is -2.05. The molecule has 0 atom stereocenters. The average molecular weight is 367 g/mol. The van der Waals surface area contributed by atoms with Crippen molar-refractivity contribution in [2.24, 2.45) is 5.92 Å². The first-order valence-corrected chi connectivity index (χ1v) is 8.80. The van der Waals surface area contributed by atoms with Crippen molar-refractivity contribution < 1.29 is 9.59 Å². The molecule has 8 heteroatoms. The van der Waals surface area contributed by atoms with Crippen molar-refractivity contribution in [2.45, 2.75) is 26.7 Å². The third-order valence-electron chi connectivity index (χ3n) is 3.05. The van der Waals surface area contributed by atoms with Crippen LogP contribution in [-0.2, 0) is 11.2 Å². The van der Waals surface area contributed by atoms with Gasteiger partial charge in [-0.2, -0.15) is 0 Å². The molecule has 1 aromatic heterocycles. The predicted octanol–water partition coefficient (Wildman–Crippen LogP) is 3.15. The molecule has 2 aromatic rings. The average Bonchev–Trinajstić information content (AvgIpc) is 2.94. The third kappa shape index (κ3) is 5.58. The monoisotopic (exact) mass is 366 g/mol. The van der Waals surface area contributed by atoms with Crippen LogP contribution in [0.15, 0.2) is 24.3 Å². The molecule has 1 heterocycles. The van der Waals surface area contributed by atoms with Gasteiger partial charge in [0, 0.05) is 19.4 Å². The number of amides is 2. The Balaban J connectivity index is 1.80. The number of benzene rings is 1. The molecule has 0 aliphatic heterocycles. The van der Waals surface area contributed by atoms with Crippen LogP contribution in [-0.4, -0.2) is 28.6 Å². The summed E-state index contributed by atoms with van der Waals surface area (Å²) in [6, 6.07) is 6.88. The van der Waals surface area contributed by atoms with Crippen molar-refractivity contribution in [2.75, 3.05) is 11.9 Å². The lowest BCUT2D eigenvalue weighted by molar-refractivity contribution is -0.116. The van der Waals surface area contributed by atoms with Crippen molar-refractivity contribution in [1.29, 1.82) is 0 Å². The molecule has 0 spiro atoms. The van der Waals surface area contributed by atoms with Crippen LogP contribution in [0.5, 0.6) is 0 Å². The van der Waals surface area contributed by atoms with Crippen molar-refractivity contribution in [1.82, 2.24) is 15.5 Å². The van der Waals surface area contributed by atoms with E-state index in [1.165, 1.54) is 11.3 Å². The highest BCUT2D eigenvalue weighted by molar-refractivity contribution is 7.15. The standard InChI is InChI=1S/C16H19ClN4O2S/c1-10(2)9-13(22)19-16-21-20-14(24-16)7-8-18-15(23)11-5-3-4-6-12(11)17/h3-6,10H,7-9H2,1-2H3,(H,18,23)(H,19,21,22). The van der Waals surface area contributed by atoms with E-state index in [4.69, 9.17) is 11.6 Å². The van der Waals surface area contributed by atoms with Crippen LogP contribution < -0.4 is 10.6 Å². The Hall–Kier alpha value is -1.99. The number of hydrogen-bond donors (Lipinski definition) is 2. The van der Waals surface area contributed by atoms with Crippen molar-refractivity contribution >= 4 is 39.9 Å². The minimum Gasteiger partial charge on any atom is -0.352 e. The Kier molecular flexibility index (Phi) is 6.69. The topological polar surface area (TPSA) is 84.0 Å². The zero-order chi connectivity index (χ0) is 17.5. The molecule has 1 aromatic carbocycles. The van der Waals surface area contributed by atoms with Crippen molar-refractivity contribution in [3.8, 4) is 0 Å². The number of nitrogens with one attached hydrogen (secondary N) is 2. The van der Waals surface area contributed by atoms with Gasteiger partial charge >= 0.3 is 0 Å². The maximum absolute atomic E-state index is 12.0. The number of hydrogen-bond acceptors (Lipinski definition) is 5. The highest BCUT2D eigenvalue weighted by atomic mass is 35.5. The fourth-order valence-electron chi connectivity index (χ4n) is 1.97. The van der Waals surface area contributed by atoms with Gasteiger partial charge in [0.25, 0.3) is 5.91 Å². The van der Waals surface area contributed by atoms with Gasteiger partial charge < -0.3 is 10.6 Å². The maximum Gasteiger partial charge on any atom is 0.252 e. The highest BCUT2D eigenvalue weighted by Gasteiger charge is 2.11. The lowest BCUT2D eigenvalue weighted by atomic mass is 10.1. The number of nitrogens with zero attached hydrogens (tertiary/aromatic N) is 2. The molecule has 0 unspecified atom stereocenters. The van der Waals surface area contributed by atoms with Gasteiger partial charge in [0.2, 0.25) is 11.0 Å². The molecule has 2 amide bonds. The van der Waals surface area contributed by atoms with Crippen LogP contribution in [0.2, 0.25) is 5.02 Å². The third-order valence-corrected chi connectivity index (χ3v) is 4.28. The number of anilines is 1. The van der Waals surface area contributed by atoms with E-state index in [-0.39, 0.29) is 17.7 Å². The van der Waals surface area contributed by atoms with Crippen molar-refractivity contribution in [3.63, 3.8) is 0 Å². The second-order valence-electron chi connectivity index (χ2n) is 5.63. The summed E-state index contributed by atoms with van der Waals surface area (Å²) in [6.45, 7) is 4.37. The van der Waals surface area contributed by atoms with Crippen LogP contribution in [0.3, 0.4) is 0 Å². The largest absolute Gasteiger partial charge is 0.352 e. The van der Waals surface area contributed by atoms with Crippen LogP contribution in [0.1, 0.15) is 35.6 Å². The summed E-state index contributed by atoms with van der Waals surface area (Å²) in [5.41, 5.74) is 0.443. The van der Waals surface area contributed by atoms with Gasteiger partial charge in [0.1, 0.15) is 5.01 Å². The lowest BCUT2D eigenvalue weighted by Crippen LogP contribution is -2.25. The predicted molar refractivity (Wildman–Crippen MR) is 95.5 cm³/mol. The van der Waals surface area contributed by atoms with Gasteiger partial charge in [-0.3, -0.25) is 9.59 Å². The van der Waals surface area contributed by atoms with E-state index in [1.807, 2.05) is 13.8 Å². The molecule has 0 saturated carbocycles. The molecule has 0 fully saturated rings. The Morgan fingerprint density at radius 1 is 1.25 bits per heavy atom.